The number of anilines is 1. The van der Waals surface area contributed by atoms with Crippen LogP contribution in [0.3, 0.4) is 0 Å². The fourth-order valence-corrected chi connectivity index (χ4v) is 6.24. The first-order valence-electron chi connectivity index (χ1n) is 8.51. The number of aryl methyl sites for hydroxylation is 1. The van der Waals surface area contributed by atoms with E-state index >= 15 is 0 Å². The molecule has 134 valence electrons. The third-order valence-corrected chi connectivity index (χ3v) is 7.71. The van der Waals surface area contributed by atoms with Crippen molar-refractivity contribution >= 4 is 33.1 Å². The molecule has 0 radical (unpaired) electrons. The SMILES string of the molecule is O=C(Nc1cnc2n1CCCC2)c1sccc1S(=O)(=O)N1CCCC1. The summed E-state index contributed by atoms with van der Waals surface area (Å²) in [7, 11) is -3.61. The maximum atomic E-state index is 12.8. The molecular weight excluding hydrogens is 360 g/mol. The molecule has 0 atom stereocenters. The van der Waals surface area contributed by atoms with E-state index in [1.54, 1.807) is 11.6 Å². The summed E-state index contributed by atoms with van der Waals surface area (Å²) in [6.45, 7) is 1.87. The summed E-state index contributed by atoms with van der Waals surface area (Å²) in [5, 5.41) is 4.50. The minimum absolute atomic E-state index is 0.107. The second kappa shape index (κ2) is 6.54. The Morgan fingerprint density at radius 3 is 2.72 bits per heavy atom. The quantitative estimate of drug-likeness (QED) is 0.882. The lowest BCUT2D eigenvalue weighted by molar-refractivity contribution is 0.102. The summed E-state index contributed by atoms with van der Waals surface area (Å²) in [5.74, 6) is 1.22. The lowest BCUT2D eigenvalue weighted by atomic mass is 10.2. The average molecular weight is 380 g/mol. The number of nitrogens with zero attached hydrogens (tertiary/aromatic N) is 3. The number of sulfonamides is 1. The second-order valence-electron chi connectivity index (χ2n) is 6.35. The normalized spacial score (nSPS) is 18.2. The van der Waals surface area contributed by atoms with Crippen LogP contribution in [0.1, 0.15) is 41.2 Å². The van der Waals surface area contributed by atoms with Gasteiger partial charge >= 0.3 is 0 Å². The van der Waals surface area contributed by atoms with E-state index in [9.17, 15) is 13.2 Å². The number of thiophene rings is 1. The summed E-state index contributed by atoms with van der Waals surface area (Å²) in [4.78, 5) is 17.4. The molecule has 1 amide bonds. The number of carbonyl (C=O) groups is 1. The Hall–Kier alpha value is -1.71. The van der Waals surface area contributed by atoms with Gasteiger partial charge in [-0.3, -0.25) is 4.79 Å². The van der Waals surface area contributed by atoms with Crippen molar-refractivity contribution < 1.29 is 13.2 Å². The molecule has 7 nitrogen and oxygen atoms in total. The van der Waals surface area contributed by atoms with Crippen molar-refractivity contribution in [2.24, 2.45) is 0 Å². The molecule has 9 heteroatoms. The Balaban J connectivity index is 1.60. The van der Waals surface area contributed by atoms with Gasteiger partial charge in [0.1, 0.15) is 21.4 Å². The van der Waals surface area contributed by atoms with Gasteiger partial charge < -0.3 is 9.88 Å². The van der Waals surface area contributed by atoms with Crippen molar-refractivity contribution in [3.05, 3.63) is 28.3 Å². The molecule has 1 fully saturated rings. The molecule has 0 aromatic carbocycles. The van der Waals surface area contributed by atoms with Gasteiger partial charge in [0.05, 0.1) is 6.20 Å². The van der Waals surface area contributed by atoms with Gasteiger partial charge in [-0.05, 0) is 37.1 Å². The predicted octanol–water partition coefficient (Wildman–Crippen LogP) is 2.32. The lowest BCUT2D eigenvalue weighted by Crippen LogP contribution is -2.29. The molecule has 2 aromatic rings. The van der Waals surface area contributed by atoms with Gasteiger partial charge in [-0.25, -0.2) is 13.4 Å². The Kier molecular flexibility index (Phi) is 4.38. The summed E-state index contributed by atoms with van der Waals surface area (Å²) < 4.78 is 29.1. The number of imidazole rings is 1. The van der Waals surface area contributed by atoms with Gasteiger partial charge in [0, 0.05) is 26.1 Å². The zero-order valence-electron chi connectivity index (χ0n) is 13.8. The molecule has 0 unspecified atom stereocenters. The van der Waals surface area contributed by atoms with Gasteiger partial charge in [-0.1, -0.05) is 0 Å². The first-order valence-corrected chi connectivity index (χ1v) is 10.8. The number of rotatable bonds is 4. The van der Waals surface area contributed by atoms with E-state index in [-0.39, 0.29) is 15.7 Å². The van der Waals surface area contributed by atoms with Gasteiger partial charge in [-0.15, -0.1) is 11.3 Å². The third-order valence-electron chi connectivity index (χ3n) is 4.73. The second-order valence-corrected chi connectivity index (χ2v) is 9.17. The molecule has 1 saturated heterocycles. The minimum atomic E-state index is -3.61. The van der Waals surface area contributed by atoms with E-state index in [0.717, 1.165) is 55.8 Å². The van der Waals surface area contributed by atoms with Gasteiger partial charge in [0.25, 0.3) is 5.91 Å². The Morgan fingerprint density at radius 2 is 1.92 bits per heavy atom. The molecule has 0 aliphatic carbocycles. The van der Waals surface area contributed by atoms with E-state index in [1.165, 1.54) is 10.4 Å². The highest BCUT2D eigenvalue weighted by Gasteiger charge is 2.32. The summed E-state index contributed by atoms with van der Waals surface area (Å²) in [6.07, 6.45) is 6.46. The fraction of sp³-hybridized carbons (Fsp3) is 0.500. The Labute approximate surface area is 150 Å². The number of aromatic nitrogens is 2. The van der Waals surface area contributed by atoms with Crippen LogP contribution in [0.2, 0.25) is 0 Å². The van der Waals surface area contributed by atoms with Crippen LogP contribution < -0.4 is 5.32 Å². The first-order chi connectivity index (χ1) is 12.1. The van der Waals surface area contributed by atoms with E-state index in [4.69, 9.17) is 0 Å². The molecule has 0 bridgehead atoms. The minimum Gasteiger partial charge on any atom is -0.315 e. The lowest BCUT2D eigenvalue weighted by Gasteiger charge is -2.17. The number of amides is 1. The number of hydrogen-bond donors (Lipinski definition) is 1. The number of fused-ring (bicyclic) bond motifs is 1. The Morgan fingerprint density at radius 1 is 1.16 bits per heavy atom. The van der Waals surface area contributed by atoms with Crippen LogP contribution in [-0.4, -0.2) is 41.3 Å². The number of nitrogens with one attached hydrogen (secondary N) is 1. The van der Waals surface area contributed by atoms with Crippen molar-refractivity contribution in [3.8, 4) is 0 Å². The zero-order valence-corrected chi connectivity index (χ0v) is 15.4. The van der Waals surface area contributed by atoms with E-state index < -0.39 is 10.0 Å². The topological polar surface area (TPSA) is 84.3 Å². The van der Waals surface area contributed by atoms with Gasteiger partial charge in [0.2, 0.25) is 10.0 Å². The smallest absolute Gasteiger partial charge is 0.268 e. The van der Waals surface area contributed by atoms with Crippen LogP contribution in [0, 0.1) is 0 Å². The highest BCUT2D eigenvalue weighted by molar-refractivity contribution is 7.89. The van der Waals surface area contributed by atoms with Crippen molar-refractivity contribution in [1.82, 2.24) is 13.9 Å². The van der Waals surface area contributed by atoms with Crippen LogP contribution in [0.15, 0.2) is 22.5 Å². The maximum absolute atomic E-state index is 12.8. The molecular formula is C16H20N4O3S2. The molecule has 4 heterocycles. The number of hydrogen-bond acceptors (Lipinski definition) is 5. The van der Waals surface area contributed by atoms with E-state index in [1.807, 2.05) is 4.57 Å². The van der Waals surface area contributed by atoms with Crippen molar-refractivity contribution in [1.29, 1.82) is 0 Å². The molecule has 2 aliphatic heterocycles. The summed E-state index contributed by atoms with van der Waals surface area (Å²) in [5.41, 5.74) is 0. The molecule has 25 heavy (non-hydrogen) atoms. The van der Waals surface area contributed by atoms with Crippen LogP contribution in [0.4, 0.5) is 5.82 Å². The number of carbonyl (C=O) groups excluding carboxylic acids is 1. The zero-order chi connectivity index (χ0) is 17.4. The van der Waals surface area contributed by atoms with Crippen LogP contribution in [0.25, 0.3) is 0 Å². The maximum Gasteiger partial charge on any atom is 0.268 e. The first kappa shape index (κ1) is 16.7. The van der Waals surface area contributed by atoms with Gasteiger partial charge in [0.15, 0.2) is 0 Å². The van der Waals surface area contributed by atoms with E-state index in [0.29, 0.717) is 18.9 Å². The van der Waals surface area contributed by atoms with Crippen molar-refractivity contribution in [2.75, 3.05) is 18.4 Å². The molecule has 2 aromatic heterocycles. The van der Waals surface area contributed by atoms with Crippen LogP contribution >= 0.6 is 11.3 Å². The standard InChI is InChI=1S/C16H20N4O3S2/c21-16(18-14-11-17-13-5-1-2-9-20(13)14)15-12(6-10-24-15)25(22,23)19-7-3-4-8-19/h6,10-11H,1-5,7-9H2,(H,18,21). The molecule has 0 spiro atoms. The molecule has 0 saturated carbocycles. The highest BCUT2D eigenvalue weighted by Crippen LogP contribution is 2.29. The van der Waals surface area contributed by atoms with Crippen LogP contribution in [0.5, 0.6) is 0 Å². The Bertz CT molecular complexity index is 894. The van der Waals surface area contributed by atoms with Crippen molar-refractivity contribution in [3.63, 3.8) is 0 Å². The van der Waals surface area contributed by atoms with Gasteiger partial charge in [-0.2, -0.15) is 4.31 Å². The summed E-state index contributed by atoms with van der Waals surface area (Å²) >= 11 is 1.16. The fourth-order valence-electron chi connectivity index (χ4n) is 3.42. The largest absolute Gasteiger partial charge is 0.315 e. The predicted molar refractivity (Wildman–Crippen MR) is 95.4 cm³/mol. The average Bonchev–Trinajstić information content (AvgIpc) is 3.35. The monoisotopic (exact) mass is 380 g/mol. The molecule has 2 aliphatic rings. The van der Waals surface area contributed by atoms with Crippen molar-refractivity contribution in [2.45, 2.75) is 43.5 Å². The molecule has 4 rings (SSSR count). The van der Waals surface area contributed by atoms with Crippen LogP contribution in [-0.2, 0) is 23.0 Å². The molecule has 1 N–H and O–H groups in total. The third kappa shape index (κ3) is 3.00. The summed E-state index contributed by atoms with van der Waals surface area (Å²) in [6, 6.07) is 1.53. The van der Waals surface area contributed by atoms with E-state index in [2.05, 4.69) is 10.3 Å². The highest BCUT2D eigenvalue weighted by atomic mass is 32.2.